The summed E-state index contributed by atoms with van der Waals surface area (Å²) in [6, 6.07) is 7.53. The molecule has 3 heteroatoms. The lowest BCUT2D eigenvalue weighted by Crippen LogP contribution is -1.84. The minimum atomic E-state index is 0. The zero-order valence-corrected chi connectivity index (χ0v) is 7.32. The fourth-order valence-corrected chi connectivity index (χ4v) is 1.21. The quantitative estimate of drug-likeness (QED) is 0.703. The Bertz CT molecular complexity index is 403. The number of aryl methyl sites for hydroxylation is 1. The number of nitrogens with zero attached hydrogens (tertiary/aromatic N) is 1. The van der Waals surface area contributed by atoms with Crippen LogP contribution in [0.3, 0.4) is 0 Å². The molecule has 0 spiro atoms. The van der Waals surface area contributed by atoms with Crippen LogP contribution in [0.5, 0.6) is 0 Å². The second-order valence-electron chi connectivity index (χ2n) is 2.89. The van der Waals surface area contributed by atoms with E-state index in [1.807, 2.05) is 31.2 Å². The first-order valence-electron chi connectivity index (χ1n) is 4.03. The third-order valence-electron chi connectivity index (χ3n) is 1.92. The first-order chi connectivity index (χ1) is 6.27. The van der Waals surface area contributed by atoms with Gasteiger partial charge >= 0.3 is 0 Å². The number of nitrogen functional groups attached to an aromatic ring is 1. The maximum absolute atomic E-state index is 5.57. The average Bonchev–Trinajstić information content (AvgIpc) is 2.53. The Balaban J connectivity index is 0.000000980. The van der Waals surface area contributed by atoms with E-state index >= 15 is 0 Å². The van der Waals surface area contributed by atoms with Gasteiger partial charge in [0.2, 0.25) is 0 Å². The third kappa shape index (κ3) is 1.76. The molecule has 2 rings (SSSR count). The highest BCUT2D eigenvalue weighted by molar-refractivity contribution is 5.61. The van der Waals surface area contributed by atoms with Gasteiger partial charge in [-0.25, -0.2) is 4.98 Å². The van der Waals surface area contributed by atoms with E-state index in [0.29, 0.717) is 0 Å². The van der Waals surface area contributed by atoms with Crippen molar-refractivity contribution >= 4 is 5.69 Å². The molecule has 0 aliphatic carbocycles. The van der Waals surface area contributed by atoms with Crippen molar-refractivity contribution in [3.8, 4) is 11.3 Å². The summed E-state index contributed by atoms with van der Waals surface area (Å²) in [6.45, 7) is 1.91. The minimum Gasteiger partial charge on any atom is -0.443 e. The standard InChI is InChI=1S/C10H10N2O.CH4/c1-7-10(13-6-12-7)8-2-4-9(11)5-3-8;/h2-6H,11H2,1H3;1H4. The maximum Gasteiger partial charge on any atom is 0.181 e. The van der Waals surface area contributed by atoms with Crippen molar-refractivity contribution in [2.75, 3.05) is 5.73 Å². The number of hydrogen-bond acceptors (Lipinski definition) is 3. The van der Waals surface area contributed by atoms with Gasteiger partial charge < -0.3 is 10.2 Å². The van der Waals surface area contributed by atoms with Crippen molar-refractivity contribution in [3.05, 3.63) is 36.4 Å². The highest BCUT2D eigenvalue weighted by atomic mass is 16.3. The molecule has 0 bridgehead atoms. The minimum absolute atomic E-state index is 0. The Morgan fingerprint density at radius 3 is 2.36 bits per heavy atom. The predicted octanol–water partition coefficient (Wildman–Crippen LogP) is 2.87. The Hall–Kier alpha value is -1.77. The van der Waals surface area contributed by atoms with Crippen LogP contribution in [0.2, 0.25) is 0 Å². The van der Waals surface area contributed by atoms with Gasteiger partial charge in [-0.1, -0.05) is 7.43 Å². The monoisotopic (exact) mass is 190 g/mol. The lowest BCUT2D eigenvalue weighted by atomic mass is 10.1. The molecule has 0 aliphatic heterocycles. The summed E-state index contributed by atoms with van der Waals surface area (Å²) >= 11 is 0. The first kappa shape index (κ1) is 10.3. The van der Waals surface area contributed by atoms with Crippen LogP contribution in [-0.4, -0.2) is 4.98 Å². The normalized spacial score (nSPS) is 9.50. The first-order valence-corrected chi connectivity index (χ1v) is 4.03. The number of nitrogens with two attached hydrogens (primary N) is 1. The van der Waals surface area contributed by atoms with Gasteiger partial charge in [-0.15, -0.1) is 0 Å². The van der Waals surface area contributed by atoms with E-state index in [1.54, 1.807) is 0 Å². The zero-order chi connectivity index (χ0) is 9.26. The van der Waals surface area contributed by atoms with E-state index in [4.69, 9.17) is 10.2 Å². The van der Waals surface area contributed by atoms with Crippen molar-refractivity contribution in [3.63, 3.8) is 0 Å². The zero-order valence-electron chi connectivity index (χ0n) is 7.32. The smallest absolute Gasteiger partial charge is 0.181 e. The number of benzene rings is 1. The third-order valence-corrected chi connectivity index (χ3v) is 1.92. The molecular formula is C11H14N2O. The molecular weight excluding hydrogens is 176 g/mol. The highest BCUT2D eigenvalue weighted by Crippen LogP contribution is 2.22. The Kier molecular flexibility index (Phi) is 2.92. The van der Waals surface area contributed by atoms with Crippen LogP contribution < -0.4 is 5.73 Å². The molecule has 0 amide bonds. The van der Waals surface area contributed by atoms with E-state index in [2.05, 4.69) is 4.98 Å². The van der Waals surface area contributed by atoms with Crippen LogP contribution in [0.4, 0.5) is 5.69 Å². The van der Waals surface area contributed by atoms with E-state index in [9.17, 15) is 0 Å². The summed E-state index contributed by atoms with van der Waals surface area (Å²) in [4.78, 5) is 4.02. The van der Waals surface area contributed by atoms with Gasteiger partial charge in [0.25, 0.3) is 0 Å². The molecule has 74 valence electrons. The van der Waals surface area contributed by atoms with Crippen LogP contribution >= 0.6 is 0 Å². The van der Waals surface area contributed by atoms with Crippen LogP contribution in [0, 0.1) is 6.92 Å². The average molecular weight is 190 g/mol. The SMILES string of the molecule is C.Cc1ncoc1-c1ccc(N)cc1. The maximum atomic E-state index is 5.57. The van der Waals surface area contributed by atoms with Gasteiger partial charge in [0.1, 0.15) is 0 Å². The van der Waals surface area contributed by atoms with Crippen LogP contribution in [0.1, 0.15) is 13.1 Å². The van der Waals surface area contributed by atoms with E-state index in [1.165, 1.54) is 6.39 Å². The van der Waals surface area contributed by atoms with Gasteiger partial charge in [-0.3, -0.25) is 0 Å². The van der Waals surface area contributed by atoms with Crippen LogP contribution in [0.15, 0.2) is 35.1 Å². The van der Waals surface area contributed by atoms with E-state index < -0.39 is 0 Å². The second kappa shape index (κ2) is 3.96. The molecule has 0 saturated carbocycles. The second-order valence-corrected chi connectivity index (χ2v) is 2.89. The lowest BCUT2D eigenvalue weighted by molar-refractivity contribution is 0.571. The van der Waals surface area contributed by atoms with Crippen LogP contribution in [0.25, 0.3) is 11.3 Å². The summed E-state index contributed by atoms with van der Waals surface area (Å²) in [5.74, 6) is 0.806. The molecule has 0 atom stereocenters. The number of aromatic nitrogens is 1. The van der Waals surface area contributed by atoms with Crippen LogP contribution in [-0.2, 0) is 0 Å². The lowest BCUT2D eigenvalue weighted by Gasteiger charge is -1.97. The summed E-state index contributed by atoms with van der Waals surface area (Å²) in [5, 5.41) is 0. The summed E-state index contributed by atoms with van der Waals surface area (Å²) < 4.78 is 5.24. The van der Waals surface area contributed by atoms with Crippen molar-refractivity contribution in [2.24, 2.45) is 0 Å². The molecule has 14 heavy (non-hydrogen) atoms. The molecule has 3 nitrogen and oxygen atoms in total. The molecule has 0 aliphatic rings. The Labute approximate surface area is 83.6 Å². The number of oxazole rings is 1. The largest absolute Gasteiger partial charge is 0.443 e. The Morgan fingerprint density at radius 2 is 1.86 bits per heavy atom. The molecule has 0 radical (unpaired) electrons. The molecule has 1 aromatic heterocycles. The topological polar surface area (TPSA) is 52.0 Å². The molecule has 0 fully saturated rings. The summed E-state index contributed by atoms with van der Waals surface area (Å²) in [6.07, 6.45) is 1.45. The fraction of sp³-hybridized carbons (Fsp3) is 0.182. The number of rotatable bonds is 1. The van der Waals surface area contributed by atoms with E-state index in [-0.39, 0.29) is 7.43 Å². The molecule has 1 heterocycles. The predicted molar refractivity (Wildman–Crippen MR) is 57.8 cm³/mol. The van der Waals surface area contributed by atoms with Crippen molar-refractivity contribution in [2.45, 2.75) is 14.4 Å². The molecule has 0 unspecified atom stereocenters. The molecule has 2 aromatic rings. The van der Waals surface area contributed by atoms with E-state index in [0.717, 1.165) is 22.7 Å². The van der Waals surface area contributed by atoms with Gasteiger partial charge in [0.15, 0.2) is 12.2 Å². The molecule has 0 saturated heterocycles. The van der Waals surface area contributed by atoms with Gasteiger partial charge in [0.05, 0.1) is 5.69 Å². The number of hydrogen-bond donors (Lipinski definition) is 1. The van der Waals surface area contributed by atoms with Crippen molar-refractivity contribution < 1.29 is 4.42 Å². The van der Waals surface area contributed by atoms with Gasteiger partial charge in [0, 0.05) is 11.3 Å². The highest BCUT2D eigenvalue weighted by Gasteiger charge is 2.05. The molecule has 1 aromatic carbocycles. The van der Waals surface area contributed by atoms with Gasteiger partial charge in [-0.05, 0) is 31.2 Å². The van der Waals surface area contributed by atoms with Crippen molar-refractivity contribution in [1.29, 1.82) is 0 Å². The summed E-state index contributed by atoms with van der Waals surface area (Å²) in [5.41, 5.74) is 8.22. The van der Waals surface area contributed by atoms with Crippen molar-refractivity contribution in [1.82, 2.24) is 4.98 Å². The molecule has 2 N–H and O–H groups in total. The summed E-state index contributed by atoms with van der Waals surface area (Å²) in [7, 11) is 0. The van der Waals surface area contributed by atoms with Gasteiger partial charge in [-0.2, -0.15) is 0 Å². The number of anilines is 1. The Morgan fingerprint density at radius 1 is 1.21 bits per heavy atom. The fourth-order valence-electron chi connectivity index (χ4n) is 1.21.